The number of nitrogens with one attached hydrogen (secondary N) is 1. The van der Waals surface area contributed by atoms with Crippen molar-refractivity contribution in [1.82, 2.24) is 0 Å². The third-order valence-corrected chi connectivity index (χ3v) is 2.97. The second-order valence-corrected chi connectivity index (χ2v) is 3.85. The molecule has 0 bridgehead atoms. The van der Waals surface area contributed by atoms with Crippen molar-refractivity contribution >= 4 is 17.3 Å². The van der Waals surface area contributed by atoms with Crippen molar-refractivity contribution in [2.45, 2.75) is 12.8 Å². The fourth-order valence-corrected chi connectivity index (χ4v) is 2.31. The molecule has 1 amide bonds. The predicted molar refractivity (Wildman–Crippen MR) is 55.6 cm³/mol. The lowest BCUT2D eigenvalue weighted by molar-refractivity contribution is -0.115. The van der Waals surface area contributed by atoms with Gasteiger partial charge in [-0.1, -0.05) is 12.1 Å². The summed E-state index contributed by atoms with van der Waals surface area (Å²) in [6.45, 7) is 1.91. The topological polar surface area (TPSA) is 32.3 Å². The van der Waals surface area contributed by atoms with Crippen LogP contribution in [0.5, 0.6) is 0 Å². The minimum Gasteiger partial charge on any atom is -0.369 e. The van der Waals surface area contributed by atoms with Gasteiger partial charge in [0.25, 0.3) is 0 Å². The van der Waals surface area contributed by atoms with E-state index in [1.54, 1.807) is 0 Å². The number of nitrogens with zero attached hydrogens (tertiary/aromatic N) is 1. The summed E-state index contributed by atoms with van der Waals surface area (Å²) in [5.74, 6) is 0.132. The molecule has 3 heteroatoms. The lowest BCUT2D eigenvalue weighted by atomic mass is 10.1. The number of hydrogen-bond acceptors (Lipinski definition) is 2. The van der Waals surface area contributed by atoms with Gasteiger partial charge in [-0.15, -0.1) is 0 Å². The van der Waals surface area contributed by atoms with Crippen molar-refractivity contribution < 1.29 is 4.79 Å². The molecule has 2 heterocycles. The summed E-state index contributed by atoms with van der Waals surface area (Å²) in [4.78, 5) is 13.7. The summed E-state index contributed by atoms with van der Waals surface area (Å²) in [5.41, 5.74) is 3.60. The van der Waals surface area contributed by atoms with E-state index >= 15 is 0 Å². The number of anilines is 2. The fourth-order valence-electron chi connectivity index (χ4n) is 2.31. The molecule has 1 aromatic carbocycles. The molecule has 1 aromatic rings. The minimum absolute atomic E-state index is 0.132. The lowest BCUT2D eigenvalue weighted by Gasteiger charge is -2.17. The summed E-state index contributed by atoms with van der Waals surface area (Å²) < 4.78 is 0. The summed E-state index contributed by atoms with van der Waals surface area (Å²) in [6, 6.07) is 6.15. The van der Waals surface area contributed by atoms with Gasteiger partial charge < -0.3 is 10.2 Å². The van der Waals surface area contributed by atoms with Gasteiger partial charge in [0.05, 0.1) is 11.4 Å². The first-order valence-corrected chi connectivity index (χ1v) is 5.01. The number of para-hydroxylation sites is 1. The molecule has 0 saturated carbocycles. The Labute approximate surface area is 82.7 Å². The summed E-state index contributed by atoms with van der Waals surface area (Å²) in [5, 5.41) is 2.95. The zero-order chi connectivity index (χ0) is 9.54. The van der Waals surface area contributed by atoms with E-state index in [1.807, 2.05) is 12.1 Å². The van der Waals surface area contributed by atoms with Gasteiger partial charge in [0, 0.05) is 19.5 Å². The van der Waals surface area contributed by atoms with Crippen LogP contribution < -0.4 is 10.2 Å². The Morgan fingerprint density at radius 3 is 3.00 bits per heavy atom. The third-order valence-electron chi connectivity index (χ3n) is 2.97. The molecule has 2 aliphatic rings. The van der Waals surface area contributed by atoms with E-state index in [2.05, 4.69) is 16.3 Å². The number of carbonyl (C=O) groups excluding carboxylic acids is 1. The van der Waals surface area contributed by atoms with E-state index in [-0.39, 0.29) is 5.91 Å². The molecule has 0 unspecified atom stereocenters. The third kappa shape index (κ3) is 1.02. The average Bonchev–Trinajstić information content (AvgIpc) is 2.51. The van der Waals surface area contributed by atoms with E-state index < -0.39 is 0 Å². The summed E-state index contributed by atoms with van der Waals surface area (Å²) in [6.07, 6.45) is 1.72. The first-order chi connectivity index (χ1) is 6.84. The second-order valence-electron chi connectivity index (χ2n) is 3.85. The van der Waals surface area contributed by atoms with Crippen LogP contribution in [0.4, 0.5) is 11.4 Å². The van der Waals surface area contributed by atoms with E-state index in [9.17, 15) is 4.79 Å². The molecule has 0 fully saturated rings. The molecular weight excluding hydrogens is 176 g/mol. The van der Waals surface area contributed by atoms with Gasteiger partial charge in [0.15, 0.2) is 0 Å². The van der Waals surface area contributed by atoms with Crippen LogP contribution >= 0.6 is 0 Å². The van der Waals surface area contributed by atoms with E-state index in [0.717, 1.165) is 25.2 Å². The Bertz CT molecular complexity index is 400. The predicted octanol–water partition coefficient (Wildman–Crippen LogP) is 1.39. The number of benzene rings is 1. The Balaban J connectivity index is 2.16. The fraction of sp³-hybridized carbons (Fsp3) is 0.364. The number of hydrogen-bond donors (Lipinski definition) is 1. The van der Waals surface area contributed by atoms with Gasteiger partial charge in [-0.25, -0.2) is 0 Å². The van der Waals surface area contributed by atoms with E-state index in [1.165, 1.54) is 11.3 Å². The average molecular weight is 188 g/mol. The van der Waals surface area contributed by atoms with Gasteiger partial charge in [-0.3, -0.25) is 4.79 Å². The highest BCUT2D eigenvalue weighted by Crippen LogP contribution is 2.36. The van der Waals surface area contributed by atoms with Crippen LogP contribution in [0.1, 0.15) is 12.0 Å². The van der Waals surface area contributed by atoms with Crippen LogP contribution in [0.3, 0.4) is 0 Å². The van der Waals surface area contributed by atoms with Gasteiger partial charge in [-0.05, 0) is 18.1 Å². The van der Waals surface area contributed by atoms with Crippen LogP contribution in [-0.4, -0.2) is 19.0 Å². The molecule has 14 heavy (non-hydrogen) atoms. The van der Waals surface area contributed by atoms with Crippen molar-refractivity contribution in [3.63, 3.8) is 0 Å². The van der Waals surface area contributed by atoms with Crippen LogP contribution in [0, 0.1) is 0 Å². The minimum atomic E-state index is 0.132. The zero-order valence-electron chi connectivity index (χ0n) is 7.92. The molecule has 1 N–H and O–H groups in total. The van der Waals surface area contributed by atoms with Crippen molar-refractivity contribution in [3.05, 3.63) is 23.8 Å². The molecule has 3 nitrogen and oxygen atoms in total. The second kappa shape index (κ2) is 2.74. The van der Waals surface area contributed by atoms with Crippen molar-refractivity contribution in [2.75, 3.05) is 23.3 Å². The molecule has 72 valence electrons. The van der Waals surface area contributed by atoms with Gasteiger partial charge >= 0.3 is 0 Å². The van der Waals surface area contributed by atoms with E-state index in [0.29, 0.717) is 6.42 Å². The Morgan fingerprint density at radius 2 is 2.07 bits per heavy atom. The first-order valence-electron chi connectivity index (χ1n) is 5.01. The molecule has 0 aliphatic carbocycles. The van der Waals surface area contributed by atoms with Crippen molar-refractivity contribution in [3.8, 4) is 0 Å². The molecule has 0 spiro atoms. The number of amides is 1. The van der Waals surface area contributed by atoms with Gasteiger partial charge in [-0.2, -0.15) is 0 Å². The highest BCUT2D eigenvalue weighted by atomic mass is 16.1. The van der Waals surface area contributed by atoms with Crippen LogP contribution in [0.25, 0.3) is 0 Å². The molecule has 3 rings (SSSR count). The maximum Gasteiger partial charge on any atom is 0.226 e. The van der Waals surface area contributed by atoms with Gasteiger partial charge in [0.2, 0.25) is 5.91 Å². The summed E-state index contributed by atoms with van der Waals surface area (Å²) >= 11 is 0. The first kappa shape index (κ1) is 7.85. The van der Waals surface area contributed by atoms with Crippen LogP contribution in [0.15, 0.2) is 18.2 Å². The Hall–Kier alpha value is -1.51. The maximum absolute atomic E-state index is 11.4. The number of carbonyl (C=O) groups is 1. The molecule has 0 aromatic heterocycles. The quantitative estimate of drug-likeness (QED) is 0.667. The Morgan fingerprint density at radius 1 is 1.21 bits per heavy atom. The van der Waals surface area contributed by atoms with Crippen molar-refractivity contribution in [2.24, 2.45) is 0 Å². The maximum atomic E-state index is 11.4. The smallest absolute Gasteiger partial charge is 0.226 e. The highest BCUT2D eigenvalue weighted by Gasteiger charge is 2.25. The largest absolute Gasteiger partial charge is 0.369 e. The highest BCUT2D eigenvalue weighted by molar-refractivity contribution is 5.97. The van der Waals surface area contributed by atoms with Crippen LogP contribution in [-0.2, 0) is 11.2 Å². The van der Waals surface area contributed by atoms with Gasteiger partial charge in [0.1, 0.15) is 0 Å². The standard InChI is InChI=1S/C11H12N2O/c14-10-5-7-13-6-4-8-2-1-3-9(12-10)11(8)13/h1-3H,4-7H2,(H,12,14). The van der Waals surface area contributed by atoms with E-state index in [4.69, 9.17) is 0 Å². The molecular formula is C11H12N2O. The zero-order valence-corrected chi connectivity index (χ0v) is 7.92. The number of rotatable bonds is 0. The van der Waals surface area contributed by atoms with Crippen LogP contribution in [0.2, 0.25) is 0 Å². The summed E-state index contributed by atoms with van der Waals surface area (Å²) in [7, 11) is 0. The molecule has 0 radical (unpaired) electrons. The molecule has 0 saturated heterocycles. The molecule has 2 aliphatic heterocycles. The molecule has 0 atom stereocenters. The lowest BCUT2D eigenvalue weighted by Crippen LogP contribution is -2.22. The monoisotopic (exact) mass is 188 g/mol. The normalized spacial score (nSPS) is 18.9. The SMILES string of the molecule is O=C1CCN2CCc3cccc(c32)N1. The van der Waals surface area contributed by atoms with Crippen molar-refractivity contribution in [1.29, 1.82) is 0 Å². The Kier molecular flexibility index (Phi) is 1.54.